The van der Waals surface area contributed by atoms with E-state index in [1.807, 2.05) is 29.2 Å². The molecule has 5 heteroatoms. The predicted molar refractivity (Wildman–Crippen MR) is 77.8 cm³/mol. The van der Waals surface area contributed by atoms with Gasteiger partial charge in [0.05, 0.1) is 12.5 Å². The number of hydrogen-bond acceptors (Lipinski definition) is 3. The van der Waals surface area contributed by atoms with Crippen molar-refractivity contribution in [1.82, 2.24) is 15.5 Å². The van der Waals surface area contributed by atoms with E-state index < -0.39 is 0 Å². The number of likely N-dealkylation sites (tertiary alicyclic amines) is 1. The number of fused-ring (bicyclic) bond motifs is 3. The third-order valence-electron chi connectivity index (χ3n) is 4.83. The highest BCUT2D eigenvalue weighted by atomic mass is 16.2. The van der Waals surface area contributed by atoms with E-state index in [0.29, 0.717) is 24.1 Å². The third kappa shape index (κ3) is 2.21. The molecule has 3 atom stereocenters. The zero-order chi connectivity index (χ0) is 14.4. The van der Waals surface area contributed by atoms with Gasteiger partial charge in [-0.25, -0.2) is 0 Å². The summed E-state index contributed by atoms with van der Waals surface area (Å²) in [7, 11) is 0. The Kier molecular flexibility index (Phi) is 2.96. The van der Waals surface area contributed by atoms with E-state index in [-0.39, 0.29) is 17.9 Å². The number of nitrogens with zero attached hydrogens (tertiary/aromatic N) is 1. The van der Waals surface area contributed by atoms with Crippen molar-refractivity contribution in [2.75, 3.05) is 13.1 Å². The van der Waals surface area contributed by atoms with E-state index in [1.165, 1.54) is 0 Å². The summed E-state index contributed by atoms with van der Waals surface area (Å²) in [6, 6.07) is 8.27. The lowest BCUT2D eigenvalue weighted by atomic mass is 10.0. The number of benzene rings is 1. The summed E-state index contributed by atoms with van der Waals surface area (Å²) in [6.45, 7) is 1.61. The van der Waals surface area contributed by atoms with Crippen LogP contribution in [-0.4, -0.2) is 41.9 Å². The van der Waals surface area contributed by atoms with Crippen LogP contribution in [0, 0.1) is 0 Å². The molecular formula is C16H19N3O2. The molecule has 2 N–H and O–H groups in total. The van der Waals surface area contributed by atoms with Gasteiger partial charge in [0.15, 0.2) is 0 Å². The molecule has 0 aromatic heterocycles. The molecule has 1 unspecified atom stereocenters. The minimum atomic E-state index is -0.172. The standard InChI is InChI=1S/C16H19N3O2/c20-15(19-8-10-5-6-11(9-19)17-10)7-14-12-3-1-2-4-13(12)16(21)18-14/h1-4,10-11,14,17H,5-9H2,(H,18,21)/t10-,11+,14?. The van der Waals surface area contributed by atoms with Gasteiger partial charge < -0.3 is 15.5 Å². The summed E-state index contributed by atoms with van der Waals surface area (Å²) in [5.74, 6) is 0.0826. The number of rotatable bonds is 2. The van der Waals surface area contributed by atoms with Gasteiger partial charge in [-0.15, -0.1) is 0 Å². The molecule has 0 saturated carbocycles. The molecule has 0 aliphatic carbocycles. The monoisotopic (exact) mass is 285 g/mol. The lowest BCUT2D eigenvalue weighted by Gasteiger charge is -2.33. The van der Waals surface area contributed by atoms with Crippen molar-refractivity contribution >= 4 is 11.8 Å². The highest BCUT2D eigenvalue weighted by Gasteiger charge is 2.36. The Balaban J connectivity index is 1.47. The molecule has 0 spiro atoms. The summed E-state index contributed by atoms with van der Waals surface area (Å²) in [4.78, 5) is 26.4. The second-order valence-electron chi connectivity index (χ2n) is 6.25. The molecule has 0 radical (unpaired) electrons. The van der Waals surface area contributed by atoms with Gasteiger partial charge in [-0.3, -0.25) is 9.59 Å². The highest BCUT2D eigenvalue weighted by molar-refractivity contribution is 5.99. The third-order valence-corrected chi connectivity index (χ3v) is 4.83. The summed E-state index contributed by atoms with van der Waals surface area (Å²) >= 11 is 0. The van der Waals surface area contributed by atoms with Crippen molar-refractivity contribution in [3.63, 3.8) is 0 Å². The minimum absolute atomic E-state index is 0.0659. The van der Waals surface area contributed by atoms with Crippen LogP contribution >= 0.6 is 0 Å². The smallest absolute Gasteiger partial charge is 0.252 e. The zero-order valence-electron chi connectivity index (χ0n) is 11.8. The molecule has 21 heavy (non-hydrogen) atoms. The van der Waals surface area contributed by atoms with Crippen molar-refractivity contribution in [2.24, 2.45) is 0 Å². The first-order valence-corrected chi connectivity index (χ1v) is 7.64. The number of nitrogens with one attached hydrogen (secondary N) is 2. The molecule has 3 aliphatic heterocycles. The Hall–Kier alpha value is -1.88. The Morgan fingerprint density at radius 2 is 1.90 bits per heavy atom. The lowest BCUT2D eigenvalue weighted by molar-refractivity contribution is -0.133. The van der Waals surface area contributed by atoms with E-state index in [9.17, 15) is 9.59 Å². The minimum Gasteiger partial charge on any atom is -0.345 e. The molecule has 2 amide bonds. The van der Waals surface area contributed by atoms with Gasteiger partial charge in [0, 0.05) is 30.7 Å². The van der Waals surface area contributed by atoms with Crippen molar-refractivity contribution in [2.45, 2.75) is 37.4 Å². The van der Waals surface area contributed by atoms with E-state index in [4.69, 9.17) is 0 Å². The van der Waals surface area contributed by atoms with Crippen LogP contribution in [-0.2, 0) is 4.79 Å². The van der Waals surface area contributed by atoms with Crippen molar-refractivity contribution in [1.29, 1.82) is 0 Å². The van der Waals surface area contributed by atoms with Crippen molar-refractivity contribution in [3.05, 3.63) is 35.4 Å². The Morgan fingerprint density at radius 3 is 2.67 bits per heavy atom. The molecule has 110 valence electrons. The topological polar surface area (TPSA) is 61.4 Å². The first-order chi connectivity index (χ1) is 10.2. The first kappa shape index (κ1) is 12.8. The highest BCUT2D eigenvalue weighted by Crippen LogP contribution is 2.29. The zero-order valence-corrected chi connectivity index (χ0v) is 11.8. The largest absolute Gasteiger partial charge is 0.345 e. The van der Waals surface area contributed by atoms with Crippen LogP contribution < -0.4 is 10.6 Å². The predicted octanol–water partition coefficient (Wildman–Crippen LogP) is 0.824. The van der Waals surface area contributed by atoms with Gasteiger partial charge in [-0.1, -0.05) is 18.2 Å². The van der Waals surface area contributed by atoms with Gasteiger partial charge in [-0.05, 0) is 24.5 Å². The summed E-state index contributed by atoms with van der Waals surface area (Å²) in [5, 5.41) is 6.45. The number of piperazine rings is 1. The number of carbonyl (C=O) groups is 2. The van der Waals surface area contributed by atoms with Crippen LogP contribution in [0.4, 0.5) is 0 Å². The van der Waals surface area contributed by atoms with Crippen LogP contribution in [0.5, 0.6) is 0 Å². The fourth-order valence-corrected chi connectivity index (χ4v) is 3.79. The van der Waals surface area contributed by atoms with Crippen LogP contribution in [0.25, 0.3) is 0 Å². The van der Waals surface area contributed by atoms with Crippen LogP contribution in [0.15, 0.2) is 24.3 Å². The summed E-state index contributed by atoms with van der Waals surface area (Å²) in [6.07, 6.45) is 2.69. The number of hydrogen-bond donors (Lipinski definition) is 2. The molecule has 4 rings (SSSR count). The average Bonchev–Trinajstić information content (AvgIpc) is 2.99. The van der Waals surface area contributed by atoms with Gasteiger partial charge >= 0.3 is 0 Å². The Morgan fingerprint density at radius 1 is 1.19 bits per heavy atom. The molecule has 5 nitrogen and oxygen atoms in total. The second kappa shape index (κ2) is 4.84. The molecule has 1 aromatic rings. The molecule has 1 aromatic carbocycles. The maximum Gasteiger partial charge on any atom is 0.252 e. The summed E-state index contributed by atoms with van der Waals surface area (Å²) in [5.41, 5.74) is 1.66. The first-order valence-electron chi connectivity index (χ1n) is 7.64. The average molecular weight is 285 g/mol. The van der Waals surface area contributed by atoms with Crippen molar-refractivity contribution in [3.8, 4) is 0 Å². The SMILES string of the molecule is O=C1NC(CC(=O)N2C[C@H]3CC[C@@H](C2)N3)c2ccccc21. The van der Waals surface area contributed by atoms with E-state index in [1.54, 1.807) is 0 Å². The molecule has 2 saturated heterocycles. The van der Waals surface area contributed by atoms with E-state index in [2.05, 4.69) is 10.6 Å². The van der Waals surface area contributed by atoms with Crippen LogP contribution in [0.3, 0.4) is 0 Å². The number of carbonyl (C=O) groups excluding carboxylic acids is 2. The molecular weight excluding hydrogens is 266 g/mol. The quantitative estimate of drug-likeness (QED) is 0.846. The van der Waals surface area contributed by atoms with Gasteiger partial charge in [-0.2, -0.15) is 0 Å². The fourth-order valence-electron chi connectivity index (χ4n) is 3.79. The molecule has 2 fully saturated rings. The normalized spacial score (nSPS) is 30.2. The van der Waals surface area contributed by atoms with Gasteiger partial charge in [0.1, 0.15) is 0 Å². The number of amides is 2. The maximum atomic E-state index is 12.5. The second-order valence-corrected chi connectivity index (χ2v) is 6.25. The van der Waals surface area contributed by atoms with E-state index in [0.717, 1.165) is 31.5 Å². The lowest BCUT2D eigenvalue weighted by Crippen LogP contribution is -2.53. The Labute approximate surface area is 123 Å². The molecule has 3 aliphatic rings. The maximum absolute atomic E-state index is 12.5. The van der Waals surface area contributed by atoms with Crippen molar-refractivity contribution < 1.29 is 9.59 Å². The van der Waals surface area contributed by atoms with Gasteiger partial charge in [0.25, 0.3) is 5.91 Å². The van der Waals surface area contributed by atoms with E-state index >= 15 is 0 Å². The fraction of sp³-hybridized carbons (Fsp3) is 0.500. The van der Waals surface area contributed by atoms with Gasteiger partial charge in [0.2, 0.25) is 5.91 Å². The Bertz CT molecular complexity index is 589. The van der Waals surface area contributed by atoms with Crippen LogP contribution in [0.1, 0.15) is 41.2 Å². The molecule has 2 bridgehead atoms. The van der Waals surface area contributed by atoms with Crippen LogP contribution in [0.2, 0.25) is 0 Å². The summed E-state index contributed by atoms with van der Waals surface area (Å²) < 4.78 is 0. The molecule has 3 heterocycles.